The molecule has 0 bridgehead atoms. The van der Waals surface area contributed by atoms with Gasteiger partial charge in [-0.2, -0.15) is 0 Å². The van der Waals surface area contributed by atoms with Crippen LogP contribution in [0, 0.1) is 0 Å². The summed E-state index contributed by atoms with van der Waals surface area (Å²) in [6, 6.07) is 13.0. The lowest BCUT2D eigenvalue weighted by molar-refractivity contribution is 0.215. The molecule has 0 amide bonds. The molecule has 1 unspecified atom stereocenters. The van der Waals surface area contributed by atoms with Gasteiger partial charge in [0.15, 0.2) is 0 Å². The molecule has 0 aliphatic heterocycles. The van der Waals surface area contributed by atoms with Gasteiger partial charge >= 0.3 is 0 Å². The number of benzene rings is 1. The Balaban J connectivity index is 2.11. The van der Waals surface area contributed by atoms with Crippen molar-refractivity contribution in [3.8, 4) is 0 Å². The first-order valence-corrected chi connectivity index (χ1v) is 7.47. The Hall–Kier alpha value is -1.58. The smallest absolute Gasteiger partial charge is 0.0947 e. The minimum atomic E-state index is 0.115. The molecule has 0 aliphatic rings. The molecule has 0 saturated carbocycles. The summed E-state index contributed by atoms with van der Waals surface area (Å²) in [6.07, 6.45) is 3.55. The monoisotopic (exact) mass is 286 g/mol. The molecule has 3 nitrogen and oxygen atoms in total. The molecule has 0 radical (unpaired) electrons. The molecule has 0 spiro atoms. The highest BCUT2D eigenvalue weighted by molar-refractivity contribution is 5.20. The molecule has 1 atom stereocenters. The van der Waals surface area contributed by atoms with Gasteiger partial charge in [-0.1, -0.05) is 30.3 Å². The highest BCUT2D eigenvalue weighted by Crippen LogP contribution is 2.21. The van der Waals surface area contributed by atoms with Crippen LogP contribution >= 0.6 is 0 Å². The van der Waals surface area contributed by atoms with Crippen molar-refractivity contribution in [2.24, 2.45) is 0 Å². The number of furan rings is 1. The normalized spacial score (nSPS) is 13.6. The summed E-state index contributed by atoms with van der Waals surface area (Å²) in [6.45, 7) is 8.39. The molecule has 0 aliphatic carbocycles. The van der Waals surface area contributed by atoms with E-state index in [1.54, 1.807) is 6.26 Å². The Labute approximate surface area is 128 Å². The molecule has 3 heteroatoms. The summed E-state index contributed by atoms with van der Waals surface area (Å²) >= 11 is 0. The van der Waals surface area contributed by atoms with Crippen LogP contribution in [0.4, 0.5) is 0 Å². The van der Waals surface area contributed by atoms with Crippen LogP contribution in [0.25, 0.3) is 0 Å². The first kappa shape index (κ1) is 15.8. The van der Waals surface area contributed by atoms with Gasteiger partial charge in [-0.05, 0) is 39.4 Å². The lowest BCUT2D eigenvalue weighted by Gasteiger charge is -2.32. The first-order chi connectivity index (χ1) is 9.96. The van der Waals surface area contributed by atoms with E-state index >= 15 is 0 Å². The Kier molecular flexibility index (Phi) is 5.21. The summed E-state index contributed by atoms with van der Waals surface area (Å²) in [7, 11) is 2.16. The van der Waals surface area contributed by atoms with Crippen LogP contribution in [0.15, 0.2) is 53.3 Å². The van der Waals surface area contributed by atoms with Crippen molar-refractivity contribution >= 4 is 0 Å². The van der Waals surface area contributed by atoms with Crippen LogP contribution < -0.4 is 5.32 Å². The third kappa shape index (κ3) is 5.03. The van der Waals surface area contributed by atoms with E-state index in [1.165, 1.54) is 11.1 Å². The van der Waals surface area contributed by atoms with Crippen molar-refractivity contribution in [2.45, 2.75) is 38.9 Å². The van der Waals surface area contributed by atoms with Crippen LogP contribution in [0.5, 0.6) is 0 Å². The van der Waals surface area contributed by atoms with E-state index in [0.717, 1.165) is 13.1 Å². The fourth-order valence-electron chi connectivity index (χ4n) is 2.39. The second-order valence-corrected chi connectivity index (χ2v) is 6.60. The van der Waals surface area contributed by atoms with Gasteiger partial charge in [0.25, 0.3) is 0 Å². The lowest BCUT2D eigenvalue weighted by atomic mass is 10.0. The first-order valence-electron chi connectivity index (χ1n) is 7.47. The molecular weight excluding hydrogens is 260 g/mol. The van der Waals surface area contributed by atoms with E-state index in [2.05, 4.69) is 68.4 Å². The molecule has 0 saturated heterocycles. The summed E-state index contributed by atoms with van der Waals surface area (Å²) in [5.41, 5.74) is 2.65. The zero-order chi connectivity index (χ0) is 15.3. The second-order valence-electron chi connectivity index (χ2n) is 6.60. The van der Waals surface area contributed by atoms with Crippen LogP contribution in [0.1, 0.15) is 37.9 Å². The number of likely N-dealkylation sites (N-methyl/N-ethyl adjacent to an activating group) is 1. The van der Waals surface area contributed by atoms with Crippen LogP contribution in [0.3, 0.4) is 0 Å². The predicted octanol–water partition coefficient (Wildman–Crippen LogP) is 3.84. The molecule has 2 aromatic rings. The minimum absolute atomic E-state index is 0.115. The van der Waals surface area contributed by atoms with Crippen LogP contribution in [-0.4, -0.2) is 24.0 Å². The number of nitrogens with one attached hydrogen (secondary N) is 1. The van der Waals surface area contributed by atoms with Crippen molar-refractivity contribution in [3.05, 3.63) is 60.1 Å². The number of hydrogen-bond donors (Lipinski definition) is 1. The Morgan fingerprint density at radius 3 is 2.43 bits per heavy atom. The average molecular weight is 286 g/mol. The maximum Gasteiger partial charge on any atom is 0.0947 e. The van der Waals surface area contributed by atoms with Crippen LogP contribution in [-0.2, 0) is 6.54 Å². The molecule has 1 aromatic carbocycles. The van der Waals surface area contributed by atoms with Crippen molar-refractivity contribution < 1.29 is 4.42 Å². The molecule has 2 rings (SSSR count). The Bertz CT molecular complexity index is 514. The third-order valence-corrected chi connectivity index (χ3v) is 3.55. The minimum Gasteiger partial charge on any atom is -0.472 e. The predicted molar refractivity (Wildman–Crippen MR) is 87.1 cm³/mol. The van der Waals surface area contributed by atoms with E-state index in [1.807, 2.05) is 12.3 Å². The molecule has 0 fully saturated rings. The van der Waals surface area contributed by atoms with Gasteiger partial charge in [-0.15, -0.1) is 0 Å². The number of hydrogen-bond acceptors (Lipinski definition) is 3. The molecule has 1 aromatic heterocycles. The zero-order valence-electron chi connectivity index (χ0n) is 13.5. The quantitative estimate of drug-likeness (QED) is 0.874. The molecule has 1 N–H and O–H groups in total. The molecule has 21 heavy (non-hydrogen) atoms. The summed E-state index contributed by atoms with van der Waals surface area (Å²) in [5, 5.41) is 3.62. The van der Waals surface area contributed by atoms with Gasteiger partial charge in [0, 0.05) is 30.2 Å². The zero-order valence-corrected chi connectivity index (χ0v) is 13.5. The van der Waals surface area contributed by atoms with E-state index < -0.39 is 0 Å². The summed E-state index contributed by atoms with van der Waals surface area (Å²) in [5.74, 6) is 0. The van der Waals surface area contributed by atoms with Gasteiger partial charge in [0.05, 0.1) is 12.5 Å². The van der Waals surface area contributed by atoms with Gasteiger partial charge < -0.3 is 9.73 Å². The number of nitrogens with zero attached hydrogens (tertiary/aromatic N) is 1. The molecular formula is C18H26N2O. The topological polar surface area (TPSA) is 28.4 Å². The fourth-order valence-corrected chi connectivity index (χ4v) is 2.39. The van der Waals surface area contributed by atoms with Gasteiger partial charge in [0.2, 0.25) is 0 Å². The van der Waals surface area contributed by atoms with E-state index in [-0.39, 0.29) is 5.54 Å². The number of rotatable bonds is 6. The Morgan fingerprint density at radius 1 is 1.14 bits per heavy atom. The summed E-state index contributed by atoms with van der Waals surface area (Å²) < 4.78 is 5.17. The fraction of sp³-hybridized carbons (Fsp3) is 0.444. The maximum atomic E-state index is 5.17. The standard InChI is InChI=1S/C18H26N2O/c1-18(2,3)19-12-17(16-8-6-5-7-9-16)20(4)13-15-10-11-21-14-15/h5-11,14,17,19H,12-13H2,1-4H3. The molecule has 1 heterocycles. The highest BCUT2D eigenvalue weighted by Gasteiger charge is 2.20. The van der Waals surface area contributed by atoms with Gasteiger partial charge in [-0.3, -0.25) is 4.90 Å². The van der Waals surface area contributed by atoms with Crippen molar-refractivity contribution in [1.82, 2.24) is 10.2 Å². The maximum absolute atomic E-state index is 5.17. The van der Waals surface area contributed by atoms with E-state index in [4.69, 9.17) is 4.42 Å². The van der Waals surface area contributed by atoms with Crippen molar-refractivity contribution in [2.75, 3.05) is 13.6 Å². The van der Waals surface area contributed by atoms with Crippen LogP contribution in [0.2, 0.25) is 0 Å². The second kappa shape index (κ2) is 6.92. The summed E-state index contributed by atoms with van der Waals surface area (Å²) in [4.78, 5) is 2.36. The Morgan fingerprint density at radius 2 is 1.86 bits per heavy atom. The average Bonchev–Trinajstić information content (AvgIpc) is 2.91. The van der Waals surface area contributed by atoms with Crippen molar-refractivity contribution in [1.29, 1.82) is 0 Å². The molecule has 114 valence electrons. The SMILES string of the molecule is CN(Cc1ccoc1)C(CNC(C)(C)C)c1ccccc1. The van der Waals surface area contributed by atoms with E-state index in [0.29, 0.717) is 6.04 Å². The van der Waals surface area contributed by atoms with Crippen molar-refractivity contribution in [3.63, 3.8) is 0 Å². The lowest BCUT2D eigenvalue weighted by Crippen LogP contribution is -2.42. The third-order valence-electron chi connectivity index (χ3n) is 3.55. The highest BCUT2D eigenvalue weighted by atomic mass is 16.3. The van der Waals surface area contributed by atoms with Gasteiger partial charge in [0.1, 0.15) is 0 Å². The largest absolute Gasteiger partial charge is 0.472 e. The van der Waals surface area contributed by atoms with E-state index in [9.17, 15) is 0 Å². The van der Waals surface area contributed by atoms with Gasteiger partial charge in [-0.25, -0.2) is 0 Å².